The Labute approximate surface area is 106 Å². The summed E-state index contributed by atoms with van der Waals surface area (Å²) in [4.78, 5) is 2.61. The molecule has 3 heteroatoms. The van der Waals surface area contributed by atoms with Gasteiger partial charge in [0.2, 0.25) is 0 Å². The maximum atomic E-state index is 6.30. The number of likely N-dealkylation sites (tertiary alicyclic amines) is 1. The molecule has 2 heterocycles. The molecule has 0 saturated carbocycles. The lowest BCUT2D eigenvalue weighted by atomic mass is 9.92. The van der Waals surface area contributed by atoms with Gasteiger partial charge < -0.3 is 4.74 Å². The average Bonchev–Trinajstić information content (AvgIpc) is 2.54. The zero-order valence-corrected chi connectivity index (χ0v) is 12.0. The highest BCUT2D eigenvalue weighted by atomic mass is 16.5. The number of rotatable bonds is 2. The summed E-state index contributed by atoms with van der Waals surface area (Å²) in [6.07, 6.45) is 3.90. The topological polar surface area (TPSA) is 24.5 Å². The van der Waals surface area contributed by atoms with Crippen LogP contribution in [0, 0.1) is 0 Å². The van der Waals surface area contributed by atoms with Crippen LogP contribution in [0.4, 0.5) is 0 Å². The summed E-state index contributed by atoms with van der Waals surface area (Å²) in [5.74, 6) is 0. The summed E-state index contributed by atoms with van der Waals surface area (Å²) in [7, 11) is 0. The van der Waals surface area contributed by atoms with Gasteiger partial charge in [-0.25, -0.2) is 0 Å². The lowest BCUT2D eigenvalue weighted by Crippen LogP contribution is -2.60. The Kier molecular flexibility index (Phi) is 3.54. The van der Waals surface area contributed by atoms with Crippen molar-refractivity contribution in [1.29, 1.82) is 0 Å². The largest absolute Gasteiger partial charge is 0.352 e. The van der Waals surface area contributed by atoms with E-state index in [0.29, 0.717) is 12.1 Å². The number of piperidine rings is 1. The Balaban J connectivity index is 2.14. The fraction of sp³-hybridized carbons (Fsp3) is 1.00. The van der Waals surface area contributed by atoms with Gasteiger partial charge >= 0.3 is 0 Å². The second-order valence-electron chi connectivity index (χ2n) is 6.67. The van der Waals surface area contributed by atoms with Gasteiger partial charge in [0.25, 0.3) is 0 Å². The summed E-state index contributed by atoms with van der Waals surface area (Å²) >= 11 is 0. The van der Waals surface area contributed by atoms with Gasteiger partial charge in [-0.3, -0.25) is 10.2 Å². The third kappa shape index (κ3) is 2.67. The predicted molar refractivity (Wildman–Crippen MR) is 71.1 cm³/mol. The van der Waals surface area contributed by atoms with Crippen molar-refractivity contribution in [3.05, 3.63) is 0 Å². The molecule has 0 bridgehead atoms. The molecule has 2 unspecified atom stereocenters. The number of nitrogens with one attached hydrogen (secondary N) is 1. The number of ether oxygens (including phenoxy) is 1. The van der Waals surface area contributed by atoms with E-state index in [1.165, 1.54) is 25.8 Å². The van der Waals surface area contributed by atoms with Crippen molar-refractivity contribution in [3.63, 3.8) is 0 Å². The normalized spacial score (nSPS) is 38.8. The predicted octanol–water partition coefficient (Wildman–Crippen LogP) is 2.36. The third-order valence-electron chi connectivity index (χ3n) is 4.20. The van der Waals surface area contributed by atoms with E-state index >= 15 is 0 Å². The van der Waals surface area contributed by atoms with Gasteiger partial charge in [0.15, 0.2) is 0 Å². The molecule has 0 spiro atoms. The highest BCUT2D eigenvalue weighted by molar-refractivity contribution is 4.99. The Bertz CT molecular complexity index is 277. The quantitative estimate of drug-likeness (QED) is 0.802. The lowest BCUT2D eigenvalue weighted by molar-refractivity contribution is -0.136. The first-order valence-electron chi connectivity index (χ1n) is 7.05. The van der Waals surface area contributed by atoms with Gasteiger partial charge in [0, 0.05) is 12.6 Å². The molecule has 2 aliphatic heterocycles. The molecule has 0 amide bonds. The first-order valence-corrected chi connectivity index (χ1v) is 7.05. The van der Waals surface area contributed by atoms with E-state index in [1.54, 1.807) is 0 Å². The molecule has 0 aromatic heterocycles. The van der Waals surface area contributed by atoms with Crippen LogP contribution in [0.25, 0.3) is 0 Å². The minimum Gasteiger partial charge on any atom is -0.352 e. The molecule has 100 valence electrons. The molecule has 2 fully saturated rings. The SMILES string of the molecule is CC(C)N1CCCCC1C1(C)NCC(C)(C)O1. The van der Waals surface area contributed by atoms with Crippen molar-refractivity contribution in [2.24, 2.45) is 0 Å². The van der Waals surface area contributed by atoms with Crippen molar-refractivity contribution in [3.8, 4) is 0 Å². The molecular weight excluding hydrogens is 212 g/mol. The molecular formula is C14H28N2O. The lowest BCUT2D eigenvalue weighted by Gasteiger charge is -2.46. The molecule has 1 N–H and O–H groups in total. The van der Waals surface area contributed by atoms with Crippen molar-refractivity contribution >= 4 is 0 Å². The zero-order valence-electron chi connectivity index (χ0n) is 12.0. The molecule has 0 aromatic carbocycles. The van der Waals surface area contributed by atoms with Crippen LogP contribution in [0.5, 0.6) is 0 Å². The molecule has 0 radical (unpaired) electrons. The van der Waals surface area contributed by atoms with Crippen molar-refractivity contribution in [1.82, 2.24) is 10.2 Å². The summed E-state index contributed by atoms with van der Waals surface area (Å²) in [6, 6.07) is 1.12. The van der Waals surface area contributed by atoms with E-state index in [0.717, 1.165) is 6.54 Å². The molecule has 2 aliphatic rings. The Hall–Kier alpha value is -0.120. The van der Waals surface area contributed by atoms with Crippen LogP contribution >= 0.6 is 0 Å². The smallest absolute Gasteiger partial charge is 0.132 e. The minimum atomic E-state index is -0.172. The summed E-state index contributed by atoms with van der Waals surface area (Å²) < 4.78 is 6.30. The van der Waals surface area contributed by atoms with Gasteiger partial charge in [-0.15, -0.1) is 0 Å². The number of hydrogen-bond donors (Lipinski definition) is 1. The standard InChI is InChI=1S/C14H28N2O/c1-11(2)16-9-7-6-8-12(16)14(5)15-10-13(3,4)17-14/h11-12,15H,6-10H2,1-5H3. The van der Waals surface area contributed by atoms with E-state index in [9.17, 15) is 0 Å². The highest BCUT2D eigenvalue weighted by Crippen LogP contribution is 2.35. The molecule has 3 nitrogen and oxygen atoms in total. The first kappa shape index (κ1) is 13.3. The minimum absolute atomic E-state index is 0.0329. The van der Waals surface area contributed by atoms with Crippen LogP contribution in [0.2, 0.25) is 0 Å². The van der Waals surface area contributed by atoms with Crippen LogP contribution in [0.15, 0.2) is 0 Å². The monoisotopic (exact) mass is 240 g/mol. The van der Waals surface area contributed by atoms with E-state index in [1.807, 2.05) is 0 Å². The maximum Gasteiger partial charge on any atom is 0.132 e. The van der Waals surface area contributed by atoms with Crippen LogP contribution in [-0.2, 0) is 4.74 Å². The summed E-state index contributed by atoms with van der Waals surface area (Å²) in [5, 5.41) is 3.61. The molecule has 17 heavy (non-hydrogen) atoms. The fourth-order valence-corrected chi connectivity index (χ4v) is 3.38. The molecule has 2 atom stereocenters. The van der Waals surface area contributed by atoms with Crippen molar-refractivity contribution in [2.45, 2.75) is 77.3 Å². The molecule has 2 rings (SSSR count). The van der Waals surface area contributed by atoms with Crippen LogP contribution < -0.4 is 5.32 Å². The number of nitrogens with zero attached hydrogens (tertiary/aromatic N) is 1. The fourth-order valence-electron chi connectivity index (χ4n) is 3.38. The zero-order chi connectivity index (χ0) is 12.7. The van der Waals surface area contributed by atoms with Gasteiger partial charge in [0.05, 0.1) is 11.6 Å². The van der Waals surface area contributed by atoms with Crippen LogP contribution in [0.1, 0.15) is 53.9 Å². The second kappa shape index (κ2) is 4.52. The maximum absolute atomic E-state index is 6.30. The van der Waals surface area contributed by atoms with Crippen LogP contribution in [0.3, 0.4) is 0 Å². The Morgan fingerprint density at radius 3 is 2.47 bits per heavy atom. The van der Waals surface area contributed by atoms with Gasteiger partial charge in [-0.05, 0) is 54.0 Å². The molecule has 0 aliphatic carbocycles. The van der Waals surface area contributed by atoms with Gasteiger partial charge in [0.1, 0.15) is 5.72 Å². The summed E-state index contributed by atoms with van der Waals surface area (Å²) in [6.45, 7) is 13.3. The van der Waals surface area contributed by atoms with E-state index in [4.69, 9.17) is 4.74 Å². The van der Waals surface area contributed by atoms with Gasteiger partial charge in [-0.1, -0.05) is 6.42 Å². The Morgan fingerprint density at radius 2 is 1.94 bits per heavy atom. The van der Waals surface area contributed by atoms with Crippen molar-refractivity contribution < 1.29 is 4.74 Å². The van der Waals surface area contributed by atoms with Crippen molar-refractivity contribution in [2.75, 3.05) is 13.1 Å². The molecule has 0 aromatic rings. The first-order chi connectivity index (χ1) is 7.84. The third-order valence-corrected chi connectivity index (χ3v) is 4.20. The summed E-state index contributed by atoms with van der Waals surface area (Å²) in [5.41, 5.74) is -0.205. The van der Waals surface area contributed by atoms with E-state index in [-0.39, 0.29) is 11.3 Å². The van der Waals surface area contributed by atoms with Crippen LogP contribution in [-0.4, -0.2) is 41.4 Å². The second-order valence-corrected chi connectivity index (χ2v) is 6.67. The number of hydrogen-bond acceptors (Lipinski definition) is 3. The van der Waals surface area contributed by atoms with E-state index in [2.05, 4.69) is 44.8 Å². The molecule has 2 saturated heterocycles. The van der Waals surface area contributed by atoms with E-state index < -0.39 is 0 Å². The Morgan fingerprint density at radius 1 is 1.24 bits per heavy atom. The highest BCUT2D eigenvalue weighted by Gasteiger charge is 2.48. The van der Waals surface area contributed by atoms with Gasteiger partial charge in [-0.2, -0.15) is 0 Å². The average molecular weight is 240 g/mol.